The van der Waals surface area contributed by atoms with Gasteiger partial charge in [-0.25, -0.2) is 0 Å². The fraction of sp³-hybridized carbons (Fsp3) is 0.357. The van der Waals surface area contributed by atoms with Crippen LogP contribution in [-0.2, 0) is 0 Å². The summed E-state index contributed by atoms with van der Waals surface area (Å²) in [6.45, 7) is 5.75. The second kappa shape index (κ2) is 5.59. The maximum absolute atomic E-state index is 11.8. The number of aryl methyl sites for hydroxylation is 3. The van der Waals surface area contributed by atoms with Crippen molar-refractivity contribution in [1.29, 1.82) is 0 Å². The largest absolute Gasteiger partial charge is 0.466 e. The Morgan fingerprint density at radius 1 is 1.42 bits per heavy atom. The van der Waals surface area contributed by atoms with E-state index in [9.17, 15) is 9.90 Å². The van der Waals surface area contributed by atoms with E-state index >= 15 is 0 Å². The number of hydrogen-bond acceptors (Lipinski definition) is 4. The molecular weight excluding hydrogens is 262 g/mol. The smallest absolute Gasteiger partial charge is 0.261 e. The Kier molecular flexibility index (Phi) is 4.07. The van der Waals surface area contributed by atoms with Crippen molar-refractivity contribution in [2.75, 3.05) is 6.54 Å². The molecule has 102 valence electrons. The molecule has 0 aromatic carbocycles. The fourth-order valence-corrected chi connectivity index (χ4v) is 2.73. The van der Waals surface area contributed by atoms with Crippen LogP contribution in [0.25, 0.3) is 0 Å². The third kappa shape index (κ3) is 3.24. The number of amides is 1. The summed E-state index contributed by atoms with van der Waals surface area (Å²) >= 11 is 1.40. The highest BCUT2D eigenvalue weighted by Gasteiger charge is 2.16. The molecule has 2 rings (SSSR count). The summed E-state index contributed by atoms with van der Waals surface area (Å²) in [5, 5.41) is 14.7. The van der Waals surface area contributed by atoms with Crippen LogP contribution in [0.15, 0.2) is 21.9 Å². The quantitative estimate of drug-likeness (QED) is 0.904. The molecule has 0 spiro atoms. The Morgan fingerprint density at radius 3 is 2.68 bits per heavy atom. The van der Waals surface area contributed by atoms with Crippen molar-refractivity contribution in [1.82, 2.24) is 5.32 Å². The first kappa shape index (κ1) is 13.8. The summed E-state index contributed by atoms with van der Waals surface area (Å²) in [6.07, 6.45) is -0.748. The molecule has 2 N–H and O–H groups in total. The van der Waals surface area contributed by atoms with Gasteiger partial charge in [-0.05, 0) is 43.8 Å². The van der Waals surface area contributed by atoms with E-state index in [1.807, 2.05) is 25.3 Å². The lowest BCUT2D eigenvalue weighted by atomic mass is 10.1. The van der Waals surface area contributed by atoms with Crippen LogP contribution in [0.2, 0.25) is 0 Å². The number of carbonyl (C=O) groups excluding carboxylic acids is 1. The fourth-order valence-electron chi connectivity index (χ4n) is 1.92. The number of rotatable bonds is 4. The lowest BCUT2D eigenvalue weighted by molar-refractivity contribution is 0.0919. The summed E-state index contributed by atoms with van der Waals surface area (Å²) < 4.78 is 5.36. The monoisotopic (exact) mass is 279 g/mol. The molecule has 0 saturated heterocycles. The highest BCUT2D eigenvalue weighted by atomic mass is 32.1. The van der Waals surface area contributed by atoms with Crippen molar-refractivity contribution in [2.24, 2.45) is 0 Å². The molecule has 0 aliphatic rings. The van der Waals surface area contributed by atoms with Gasteiger partial charge in [0.2, 0.25) is 0 Å². The van der Waals surface area contributed by atoms with Crippen LogP contribution in [0.1, 0.15) is 38.4 Å². The van der Waals surface area contributed by atoms with Gasteiger partial charge in [0.05, 0.1) is 11.0 Å². The minimum atomic E-state index is -0.748. The third-order valence-corrected chi connectivity index (χ3v) is 3.90. The first-order valence-electron chi connectivity index (χ1n) is 6.05. The molecule has 0 bridgehead atoms. The van der Waals surface area contributed by atoms with Crippen molar-refractivity contribution >= 4 is 17.2 Å². The number of aliphatic hydroxyl groups is 1. The second-order valence-electron chi connectivity index (χ2n) is 4.58. The number of nitrogens with one attached hydrogen (secondary N) is 1. The Morgan fingerprint density at radius 2 is 2.16 bits per heavy atom. The van der Waals surface area contributed by atoms with E-state index in [1.54, 1.807) is 13.0 Å². The standard InChI is InChI=1S/C14H17NO3S/c1-8-4-13(19-7-8)14(17)15-6-12(16)11-5-9(2)18-10(11)3/h4-5,7,12,16H,6H2,1-3H3,(H,15,17). The molecule has 1 atom stereocenters. The molecular formula is C14H17NO3S. The molecule has 19 heavy (non-hydrogen) atoms. The molecule has 1 unspecified atom stereocenters. The Hall–Kier alpha value is -1.59. The summed E-state index contributed by atoms with van der Waals surface area (Å²) in [7, 11) is 0. The minimum Gasteiger partial charge on any atom is -0.466 e. The van der Waals surface area contributed by atoms with Gasteiger partial charge >= 0.3 is 0 Å². The zero-order chi connectivity index (χ0) is 14.0. The molecule has 0 saturated carbocycles. The normalized spacial score (nSPS) is 12.4. The van der Waals surface area contributed by atoms with E-state index in [1.165, 1.54) is 11.3 Å². The van der Waals surface area contributed by atoms with Gasteiger partial charge in [-0.2, -0.15) is 0 Å². The topological polar surface area (TPSA) is 62.5 Å². The molecule has 5 heteroatoms. The average Bonchev–Trinajstić information content (AvgIpc) is 2.92. The van der Waals surface area contributed by atoms with E-state index in [4.69, 9.17) is 4.42 Å². The van der Waals surface area contributed by atoms with E-state index in [2.05, 4.69) is 5.32 Å². The molecule has 0 aliphatic heterocycles. The van der Waals surface area contributed by atoms with Crippen molar-refractivity contribution in [2.45, 2.75) is 26.9 Å². The van der Waals surface area contributed by atoms with Gasteiger partial charge in [-0.1, -0.05) is 0 Å². The molecule has 2 aromatic heterocycles. The summed E-state index contributed by atoms with van der Waals surface area (Å²) in [5.74, 6) is 1.29. The van der Waals surface area contributed by atoms with E-state index < -0.39 is 6.10 Å². The lowest BCUT2D eigenvalue weighted by Crippen LogP contribution is -2.27. The van der Waals surface area contributed by atoms with Gasteiger partial charge in [-0.3, -0.25) is 4.79 Å². The van der Waals surface area contributed by atoms with Gasteiger partial charge in [-0.15, -0.1) is 11.3 Å². The molecule has 0 fully saturated rings. The second-order valence-corrected chi connectivity index (χ2v) is 5.49. The van der Waals surface area contributed by atoms with Gasteiger partial charge in [0.15, 0.2) is 0 Å². The van der Waals surface area contributed by atoms with E-state index in [-0.39, 0.29) is 12.5 Å². The van der Waals surface area contributed by atoms with Crippen molar-refractivity contribution in [3.63, 3.8) is 0 Å². The maximum atomic E-state index is 11.8. The number of furan rings is 1. The Balaban J connectivity index is 1.95. The van der Waals surface area contributed by atoms with Gasteiger partial charge in [0, 0.05) is 12.1 Å². The van der Waals surface area contributed by atoms with Crippen molar-refractivity contribution in [3.05, 3.63) is 45.0 Å². The Labute approximate surface area is 116 Å². The number of carbonyl (C=O) groups is 1. The summed E-state index contributed by atoms with van der Waals surface area (Å²) in [6, 6.07) is 3.63. The number of aliphatic hydroxyl groups excluding tert-OH is 1. The van der Waals surface area contributed by atoms with Crippen LogP contribution in [0.5, 0.6) is 0 Å². The van der Waals surface area contributed by atoms with Gasteiger partial charge in [0.25, 0.3) is 5.91 Å². The molecule has 2 aromatic rings. The van der Waals surface area contributed by atoms with Gasteiger partial charge in [0.1, 0.15) is 11.5 Å². The van der Waals surface area contributed by atoms with Crippen LogP contribution < -0.4 is 5.32 Å². The third-order valence-electron chi connectivity index (χ3n) is 2.85. The zero-order valence-corrected chi connectivity index (χ0v) is 12.0. The van der Waals surface area contributed by atoms with Crippen LogP contribution in [0.4, 0.5) is 0 Å². The van der Waals surface area contributed by atoms with Crippen molar-refractivity contribution in [3.8, 4) is 0 Å². The first-order valence-corrected chi connectivity index (χ1v) is 6.93. The van der Waals surface area contributed by atoms with Crippen LogP contribution in [-0.4, -0.2) is 17.6 Å². The number of hydrogen-bond donors (Lipinski definition) is 2. The SMILES string of the molecule is Cc1csc(C(=O)NCC(O)c2cc(C)oc2C)c1. The molecule has 0 radical (unpaired) electrons. The zero-order valence-electron chi connectivity index (χ0n) is 11.2. The van der Waals surface area contributed by atoms with Crippen LogP contribution in [0, 0.1) is 20.8 Å². The predicted molar refractivity (Wildman–Crippen MR) is 74.5 cm³/mol. The van der Waals surface area contributed by atoms with E-state index in [0.717, 1.165) is 16.9 Å². The maximum Gasteiger partial charge on any atom is 0.261 e. The minimum absolute atomic E-state index is 0.157. The molecule has 4 nitrogen and oxygen atoms in total. The highest BCUT2D eigenvalue weighted by Crippen LogP contribution is 2.21. The number of thiophene rings is 1. The van der Waals surface area contributed by atoms with E-state index in [0.29, 0.717) is 10.6 Å². The lowest BCUT2D eigenvalue weighted by Gasteiger charge is -2.10. The average molecular weight is 279 g/mol. The Bertz CT molecular complexity index is 585. The molecule has 0 aliphatic carbocycles. The highest BCUT2D eigenvalue weighted by molar-refractivity contribution is 7.12. The molecule has 2 heterocycles. The van der Waals surface area contributed by atoms with Crippen LogP contribution in [0.3, 0.4) is 0 Å². The van der Waals surface area contributed by atoms with Crippen LogP contribution >= 0.6 is 11.3 Å². The summed E-state index contributed by atoms with van der Waals surface area (Å²) in [4.78, 5) is 12.5. The summed E-state index contributed by atoms with van der Waals surface area (Å²) in [5.41, 5.74) is 1.79. The molecule has 1 amide bonds. The predicted octanol–water partition coefficient (Wildman–Crippen LogP) is 2.73. The van der Waals surface area contributed by atoms with Crippen molar-refractivity contribution < 1.29 is 14.3 Å². The first-order chi connectivity index (χ1) is 8.97. The van der Waals surface area contributed by atoms with Gasteiger partial charge < -0.3 is 14.8 Å².